The fraction of sp³-hybridized carbons (Fsp3) is 0.0435. The van der Waals surface area contributed by atoms with Gasteiger partial charge in [0.1, 0.15) is 0 Å². The molecule has 0 radical (unpaired) electrons. The number of anilines is 3. The van der Waals surface area contributed by atoms with Gasteiger partial charge in [-0.15, -0.1) is 0 Å². The van der Waals surface area contributed by atoms with Crippen LogP contribution in [0.15, 0.2) is 95.7 Å². The van der Waals surface area contributed by atoms with Crippen molar-refractivity contribution in [3.8, 4) is 11.1 Å². The fourth-order valence-corrected chi connectivity index (χ4v) is 3.50. The first-order valence-electron chi connectivity index (χ1n) is 8.73. The first-order chi connectivity index (χ1) is 13.2. The Morgan fingerprint density at radius 2 is 1.33 bits per heavy atom. The monoisotopic (exact) mass is 373 g/mol. The molecule has 27 heavy (non-hydrogen) atoms. The predicted octanol–water partition coefficient (Wildman–Crippen LogP) is 5.88. The second-order valence-electron chi connectivity index (χ2n) is 6.03. The Hall–Kier alpha value is -3.24. The molecule has 3 nitrogen and oxygen atoms in total. The molecule has 0 spiro atoms. The summed E-state index contributed by atoms with van der Waals surface area (Å²) in [6.07, 6.45) is 0. The van der Waals surface area contributed by atoms with Gasteiger partial charge in [-0.25, -0.2) is 0 Å². The van der Waals surface area contributed by atoms with Crippen LogP contribution in [0.3, 0.4) is 0 Å². The van der Waals surface area contributed by atoms with Gasteiger partial charge in [0, 0.05) is 29.2 Å². The summed E-state index contributed by atoms with van der Waals surface area (Å²) in [5, 5.41) is 7.69. The van der Waals surface area contributed by atoms with E-state index in [0.717, 1.165) is 34.7 Å². The van der Waals surface area contributed by atoms with E-state index in [4.69, 9.17) is 11.5 Å². The third kappa shape index (κ3) is 5.36. The van der Waals surface area contributed by atoms with E-state index < -0.39 is 0 Å². The van der Waals surface area contributed by atoms with Crippen LogP contribution < -0.4 is 16.8 Å². The smallest absolute Gasteiger partial charge is 0.0415 e. The number of nitrogens with one attached hydrogen (secondary N) is 1. The molecule has 1 aromatic heterocycles. The predicted molar refractivity (Wildman–Crippen MR) is 119 cm³/mol. The van der Waals surface area contributed by atoms with Gasteiger partial charge in [-0.1, -0.05) is 54.6 Å². The first-order valence-corrected chi connectivity index (χ1v) is 9.67. The van der Waals surface area contributed by atoms with Crippen molar-refractivity contribution in [2.45, 2.75) is 6.54 Å². The van der Waals surface area contributed by atoms with Crippen LogP contribution in [0.2, 0.25) is 0 Å². The molecule has 4 aromatic rings. The minimum atomic E-state index is 0.729. The summed E-state index contributed by atoms with van der Waals surface area (Å²) in [7, 11) is 0. The third-order valence-corrected chi connectivity index (χ3v) is 4.83. The molecule has 0 amide bonds. The highest BCUT2D eigenvalue weighted by Crippen LogP contribution is 2.33. The number of para-hydroxylation sites is 1. The summed E-state index contributed by atoms with van der Waals surface area (Å²) >= 11 is 1.67. The van der Waals surface area contributed by atoms with Gasteiger partial charge < -0.3 is 16.8 Å². The molecule has 0 fully saturated rings. The van der Waals surface area contributed by atoms with Crippen molar-refractivity contribution < 1.29 is 0 Å². The molecule has 0 atom stereocenters. The first kappa shape index (κ1) is 18.5. The van der Waals surface area contributed by atoms with Crippen LogP contribution in [0.25, 0.3) is 11.1 Å². The lowest BCUT2D eigenvalue weighted by Crippen LogP contribution is -2.00. The Morgan fingerprint density at radius 1 is 0.704 bits per heavy atom. The Bertz CT molecular complexity index is 923. The number of rotatable bonds is 4. The van der Waals surface area contributed by atoms with Crippen LogP contribution >= 0.6 is 11.3 Å². The Balaban J connectivity index is 0.000000299. The zero-order valence-corrected chi connectivity index (χ0v) is 15.8. The molecule has 0 aliphatic heterocycles. The van der Waals surface area contributed by atoms with E-state index in [1.54, 1.807) is 11.3 Å². The topological polar surface area (TPSA) is 64.1 Å². The molecule has 0 bridgehead atoms. The van der Waals surface area contributed by atoms with Crippen LogP contribution in [0.1, 0.15) is 5.56 Å². The van der Waals surface area contributed by atoms with Crippen LogP contribution in [-0.2, 0) is 6.54 Å². The Kier molecular flexibility index (Phi) is 6.50. The minimum absolute atomic E-state index is 0.729. The minimum Gasteiger partial charge on any atom is -0.399 e. The summed E-state index contributed by atoms with van der Waals surface area (Å²) in [4.78, 5) is 0. The molecular weight excluding hydrogens is 350 g/mol. The van der Waals surface area contributed by atoms with Crippen LogP contribution in [0.5, 0.6) is 0 Å². The van der Waals surface area contributed by atoms with Crippen molar-refractivity contribution in [1.82, 2.24) is 0 Å². The normalized spacial score (nSPS) is 9.93. The maximum atomic E-state index is 6.09. The highest BCUT2D eigenvalue weighted by Gasteiger charge is 2.10. The van der Waals surface area contributed by atoms with E-state index in [-0.39, 0.29) is 0 Å². The van der Waals surface area contributed by atoms with Gasteiger partial charge in [0.15, 0.2) is 0 Å². The highest BCUT2D eigenvalue weighted by atomic mass is 32.1. The molecule has 0 aliphatic carbocycles. The fourth-order valence-electron chi connectivity index (χ4n) is 2.64. The zero-order chi connectivity index (χ0) is 18.9. The zero-order valence-electron chi connectivity index (χ0n) is 15.0. The van der Waals surface area contributed by atoms with Crippen molar-refractivity contribution in [1.29, 1.82) is 0 Å². The van der Waals surface area contributed by atoms with Gasteiger partial charge in [0.05, 0.1) is 0 Å². The van der Waals surface area contributed by atoms with Crippen molar-refractivity contribution in [3.63, 3.8) is 0 Å². The number of nitrogens with two attached hydrogens (primary N) is 2. The molecule has 0 aliphatic rings. The Labute approximate surface area is 164 Å². The lowest BCUT2D eigenvalue weighted by Gasteiger charge is -2.10. The highest BCUT2D eigenvalue weighted by molar-refractivity contribution is 7.08. The van der Waals surface area contributed by atoms with E-state index >= 15 is 0 Å². The van der Waals surface area contributed by atoms with E-state index in [0.29, 0.717) is 0 Å². The molecule has 0 saturated heterocycles. The molecule has 136 valence electrons. The molecule has 5 N–H and O–H groups in total. The lowest BCUT2D eigenvalue weighted by atomic mass is 10.0. The van der Waals surface area contributed by atoms with Crippen LogP contribution in [0.4, 0.5) is 17.1 Å². The van der Waals surface area contributed by atoms with E-state index in [1.165, 1.54) is 5.56 Å². The van der Waals surface area contributed by atoms with Crippen molar-refractivity contribution in [3.05, 3.63) is 101 Å². The number of benzene rings is 3. The quantitative estimate of drug-likeness (QED) is 0.392. The SMILES string of the molecule is Nc1ccc(N)c(-c2cscc2CNc2ccccc2)c1.c1ccccc1. The molecule has 3 aromatic carbocycles. The van der Waals surface area contributed by atoms with Crippen molar-refractivity contribution in [2.24, 2.45) is 0 Å². The summed E-state index contributed by atoms with van der Waals surface area (Å²) in [5.74, 6) is 0. The third-order valence-electron chi connectivity index (χ3n) is 4.03. The lowest BCUT2D eigenvalue weighted by molar-refractivity contribution is 1.17. The molecule has 4 heteroatoms. The number of hydrogen-bond acceptors (Lipinski definition) is 4. The van der Waals surface area contributed by atoms with Gasteiger partial charge in [0.2, 0.25) is 0 Å². The molecule has 0 saturated carbocycles. The van der Waals surface area contributed by atoms with Crippen LogP contribution in [-0.4, -0.2) is 0 Å². The van der Waals surface area contributed by atoms with Crippen molar-refractivity contribution in [2.75, 3.05) is 16.8 Å². The van der Waals surface area contributed by atoms with Crippen LogP contribution in [0, 0.1) is 0 Å². The van der Waals surface area contributed by atoms with Gasteiger partial charge in [-0.05, 0) is 52.2 Å². The summed E-state index contributed by atoms with van der Waals surface area (Å²) in [6.45, 7) is 0.761. The van der Waals surface area contributed by atoms with E-state index in [1.807, 2.05) is 72.8 Å². The van der Waals surface area contributed by atoms with Gasteiger partial charge in [-0.2, -0.15) is 11.3 Å². The van der Waals surface area contributed by atoms with E-state index in [9.17, 15) is 0 Å². The maximum Gasteiger partial charge on any atom is 0.0415 e. The molecule has 1 heterocycles. The molecule has 4 rings (SSSR count). The van der Waals surface area contributed by atoms with Gasteiger partial charge in [0.25, 0.3) is 0 Å². The second kappa shape index (κ2) is 9.46. The van der Waals surface area contributed by atoms with Gasteiger partial charge >= 0.3 is 0 Å². The van der Waals surface area contributed by atoms with Crippen molar-refractivity contribution >= 4 is 28.4 Å². The summed E-state index contributed by atoms with van der Waals surface area (Å²) in [5.41, 5.74) is 17.9. The molecule has 0 unspecified atom stereocenters. The largest absolute Gasteiger partial charge is 0.399 e. The number of thiophene rings is 1. The maximum absolute atomic E-state index is 6.09. The number of nitrogen functional groups attached to an aromatic ring is 2. The summed E-state index contributed by atoms with van der Waals surface area (Å²) in [6, 6.07) is 27.8. The standard InChI is InChI=1S/C17H17N3S.C6H6/c18-13-6-7-17(19)15(8-13)16-11-21-10-12(16)9-20-14-4-2-1-3-5-14;1-2-4-6-5-3-1/h1-8,10-11,20H,9,18-19H2;1-6H. The Morgan fingerprint density at radius 3 is 2.00 bits per heavy atom. The number of hydrogen-bond donors (Lipinski definition) is 3. The molecular formula is C23H23N3S. The average Bonchev–Trinajstić information content (AvgIpc) is 3.19. The second-order valence-corrected chi connectivity index (χ2v) is 6.78. The van der Waals surface area contributed by atoms with Gasteiger partial charge in [-0.3, -0.25) is 0 Å². The van der Waals surface area contributed by atoms with E-state index in [2.05, 4.69) is 28.2 Å². The summed E-state index contributed by atoms with van der Waals surface area (Å²) < 4.78 is 0. The average molecular weight is 374 g/mol.